The third-order valence-corrected chi connectivity index (χ3v) is 4.19. The summed E-state index contributed by atoms with van der Waals surface area (Å²) < 4.78 is 1.08. The van der Waals surface area contributed by atoms with Crippen LogP contribution in [0.2, 0.25) is 0 Å². The maximum atomic E-state index is 6.65. The lowest BCUT2D eigenvalue weighted by Crippen LogP contribution is -2.51. The maximum absolute atomic E-state index is 6.65. The molecule has 2 aromatic carbocycles. The Morgan fingerprint density at radius 3 is 2.55 bits per heavy atom. The van der Waals surface area contributed by atoms with E-state index in [0.29, 0.717) is 0 Å². The number of nitrogens with one attached hydrogen (secondary N) is 1. The van der Waals surface area contributed by atoms with Gasteiger partial charge in [-0.3, -0.25) is 5.32 Å². The fourth-order valence-corrected chi connectivity index (χ4v) is 3.00. The molecular weight excluding hydrogens is 312 g/mol. The zero-order valence-corrected chi connectivity index (χ0v) is 13.6. The molecule has 0 radical (unpaired) electrons. The number of hydrogen-bond donors (Lipinski definition) is 2. The van der Waals surface area contributed by atoms with Gasteiger partial charge < -0.3 is 5.73 Å². The van der Waals surface area contributed by atoms with E-state index in [1.165, 1.54) is 16.7 Å². The minimum atomic E-state index is -0.548. The quantitative estimate of drug-likeness (QED) is 0.821. The number of aryl methyl sites for hydroxylation is 1. The average Bonchev–Trinajstić information content (AvgIpc) is 2.47. The maximum Gasteiger partial charge on any atom is 0.0966 e. The second-order valence-corrected chi connectivity index (χ2v) is 5.95. The van der Waals surface area contributed by atoms with Crippen molar-refractivity contribution in [2.75, 3.05) is 7.05 Å². The van der Waals surface area contributed by atoms with Gasteiger partial charge in [0.05, 0.1) is 5.66 Å². The molecule has 0 saturated heterocycles. The Kier molecular flexibility index (Phi) is 4.97. The molecular formula is C17H21BrN2. The van der Waals surface area contributed by atoms with Crippen molar-refractivity contribution in [1.82, 2.24) is 5.32 Å². The molecule has 3 heteroatoms. The minimum Gasteiger partial charge on any atom is -0.309 e. The lowest BCUT2D eigenvalue weighted by Gasteiger charge is -2.32. The molecule has 0 aliphatic rings. The van der Waals surface area contributed by atoms with Gasteiger partial charge in [-0.15, -0.1) is 0 Å². The van der Waals surface area contributed by atoms with Crippen molar-refractivity contribution in [3.63, 3.8) is 0 Å². The summed E-state index contributed by atoms with van der Waals surface area (Å²) in [6.45, 7) is 2.16. The summed E-state index contributed by atoms with van der Waals surface area (Å²) in [6, 6.07) is 16.7. The predicted octanol–water partition coefficient (Wildman–Crippen LogP) is 3.59. The fraction of sp³-hybridized carbons (Fsp3) is 0.294. The van der Waals surface area contributed by atoms with Gasteiger partial charge in [-0.1, -0.05) is 59.3 Å². The molecule has 0 fully saturated rings. The topological polar surface area (TPSA) is 38.0 Å². The van der Waals surface area contributed by atoms with E-state index >= 15 is 0 Å². The lowest BCUT2D eigenvalue weighted by atomic mass is 9.88. The van der Waals surface area contributed by atoms with Gasteiger partial charge in [0, 0.05) is 10.9 Å². The van der Waals surface area contributed by atoms with Crippen LogP contribution in [-0.4, -0.2) is 7.05 Å². The van der Waals surface area contributed by atoms with Crippen LogP contribution in [0.15, 0.2) is 53.0 Å². The zero-order chi connectivity index (χ0) is 14.6. The molecule has 0 bridgehead atoms. The lowest BCUT2D eigenvalue weighted by molar-refractivity contribution is 0.369. The summed E-state index contributed by atoms with van der Waals surface area (Å²) in [5.41, 5.74) is 9.78. The van der Waals surface area contributed by atoms with E-state index in [0.717, 1.165) is 17.3 Å². The molecule has 2 aromatic rings. The second kappa shape index (κ2) is 6.53. The number of likely N-dealkylation sites (N-methyl/N-ethyl adjacent to an activating group) is 1. The third-order valence-electron chi connectivity index (χ3n) is 3.70. The second-order valence-electron chi connectivity index (χ2n) is 5.04. The summed E-state index contributed by atoms with van der Waals surface area (Å²) in [5.74, 6) is 0. The first-order valence-electron chi connectivity index (χ1n) is 6.89. The van der Waals surface area contributed by atoms with Crippen LogP contribution in [0.3, 0.4) is 0 Å². The first kappa shape index (κ1) is 15.2. The van der Waals surface area contributed by atoms with Crippen molar-refractivity contribution in [2.45, 2.75) is 25.4 Å². The number of hydrogen-bond acceptors (Lipinski definition) is 2. The number of nitrogens with two attached hydrogens (primary N) is 1. The van der Waals surface area contributed by atoms with Crippen molar-refractivity contribution in [3.05, 3.63) is 69.7 Å². The Morgan fingerprint density at radius 1 is 1.15 bits per heavy atom. The molecule has 0 amide bonds. The first-order valence-corrected chi connectivity index (χ1v) is 7.69. The third kappa shape index (κ3) is 3.29. The van der Waals surface area contributed by atoms with E-state index in [1.54, 1.807) is 0 Å². The van der Waals surface area contributed by atoms with Crippen molar-refractivity contribution in [2.24, 2.45) is 5.73 Å². The summed E-state index contributed by atoms with van der Waals surface area (Å²) in [5, 5.41) is 3.30. The highest BCUT2D eigenvalue weighted by Gasteiger charge is 2.27. The van der Waals surface area contributed by atoms with Crippen LogP contribution in [0.25, 0.3) is 0 Å². The van der Waals surface area contributed by atoms with Crippen LogP contribution in [-0.2, 0) is 18.5 Å². The predicted molar refractivity (Wildman–Crippen MR) is 88.6 cm³/mol. The van der Waals surface area contributed by atoms with Crippen molar-refractivity contribution >= 4 is 15.9 Å². The molecule has 0 aliphatic heterocycles. The fourth-order valence-electron chi connectivity index (χ4n) is 2.55. The van der Waals surface area contributed by atoms with Gasteiger partial charge in [0.25, 0.3) is 0 Å². The van der Waals surface area contributed by atoms with Gasteiger partial charge in [-0.25, -0.2) is 0 Å². The Morgan fingerprint density at radius 2 is 1.90 bits per heavy atom. The molecule has 3 N–H and O–H groups in total. The highest BCUT2D eigenvalue weighted by Crippen LogP contribution is 2.25. The van der Waals surface area contributed by atoms with E-state index in [-0.39, 0.29) is 0 Å². The van der Waals surface area contributed by atoms with Crippen LogP contribution in [0, 0.1) is 0 Å². The standard InChI is InChI=1S/C17H21BrN2/c1-3-14-8-4-5-10-16(14)17(19,20-2)12-13-7-6-9-15(18)11-13/h4-11,20H,3,12,19H2,1-2H3. The van der Waals surface area contributed by atoms with Crippen LogP contribution in [0.5, 0.6) is 0 Å². The van der Waals surface area contributed by atoms with E-state index in [4.69, 9.17) is 5.73 Å². The van der Waals surface area contributed by atoms with Gasteiger partial charge in [0.15, 0.2) is 0 Å². The summed E-state index contributed by atoms with van der Waals surface area (Å²) >= 11 is 3.51. The molecule has 0 aromatic heterocycles. The molecule has 1 unspecified atom stereocenters. The highest BCUT2D eigenvalue weighted by atomic mass is 79.9. The van der Waals surface area contributed by atoms with Crippen molar-refractivity contribution in [3.8, 4) is 0 Å². The average molecular weight is 333 g/mol. The van der Waals surface area contributed by atoms with Gasteiger partial charge in [0.1, 0.15) is 0 Å². The van der Waals surface area contributed by atoms with Gasteiger partial charge in [0.2, 0.25) is 0 Å². The Bertz CT molecular complexity index is 583. The molecule has 106 valence electrons. The van der Waals surface area contributed by atoms with Crippen LogP contribution in [0.4, 0.5) is 0 Å². The van der Waals surface area contributed by atoms with Crippen LogP contribution in [0.1, 0.15) is 23.6 Å². The zero-order valence-electron chi connectivity index (χ0n) is 12.0. The smallest absolute Gasteiger partial charge is 0.0966 e. The van der Waals surface area contributed by atoms with Crippen LogP contribution >= 0.6 is 15.9 Å². The largest absolute Gasteiger partial charge is 0.309 e. The molecule has 2 nitrogen and oxygen atoms in total. The molecule has 0 heterocycles. The highest BCUT2D eigenvalue weighted by molar-refractivity contribution is 9.10. The van der Waals surface area contributed by atoms with Gasteiger partial charge >= 0.3 is 0 Å². The number of benzene rings is 2. The van der Waals surface area contributed by atoms with Crippen molar-refractivity contribution in [1.29, 1.82) is 0 Å². The molecule has 0 aliphatic carbocycles. The van der Waals surface area contributed by atoms with Gasteiger partial charge in [-0.2, -0.15) is 0 Å². The minimum absolute atomic E-state index is 0.548. The Balaban J connectivity index is 2.38. The van der Waals surface area contributed by atoms with E-state index in [1.807, 2.05) is 25.2 Å². The van der Waals surface area contributed by atoms with Crippen molar-refractivity contribution < 1.29 is 0 Å². The van der Waals surface area contributed by atoms with E-state index < -0.39 is 5.66 Å². The molecule has 20 heavy (non-hydrogen) atoms. The molecule has 0 saturated carbocycles. The van der Waals surface area contributed by atoms with Gasteiger partial charge in [-0.05, 0) is 42.3 Å². The SMILES string of the molecule is CCc1ccccc1C(N)(Cc1cccc(Br)c1)NC. The normalized spacial score (nSPS) is 14.0. The van der Waals surface area contributed by atoms with Crippen LogP contribution < -0.4 is 11.1 Å². The Hall–Kier alpha value is -1.16. The van der Waals surface area contributed by atoms with E-state index in [2.05, 4.69) is 58.5 Å². The molecule has 1 atom stereocenters. The summed E-state index contributed by atoms with van der Waals surface area (Å²) in [7, 11) is 1.92. The Labute approximate surface area is 129 Å². The first-order chi connectivity index (χ1) is 9.59. The molecule has 2 rings (SSSR count). The number of rotatable bonds is 5. The summed E-state index contributed by atoms with van der Waals surface area (Å²) in [4.78, 5) is 0. The number of halogens is 1. The monoisotopic (exact) mass is 332 g/mol. The van der Waals surface area contributed by atoms with E-state index in [9.17, 15) is 0 Å². The molecule has 0 spiro atoms. The summed E-state index contributed by atoms with van der Waals surface area (Å²) in [6.07, 6.45) is 1.73.